The van der Waals surface area contributed by atoms with E-state index in [9.17, 15) is 4.79 Å². The highest BCUT2D eigenvalue weighted by Crippen LogP contribution is 2.29. The largest absolute Gasteiger partial charge is 0.330 e. The summed E-state index contributed by atoms with van der Waals surface area (Å²) >= 11 is 0. The van der Waals surface area contributed by atoms with Crippen LogP contribution in [0.2, 0.25) is 0 Å². The average molecular weight is 283 g/mol. The number of halogens is 1. The smallest absolute Gasteiger partial charge is 0.227 e. The summed E-state index contributed by atoms with van der Waals surface area (Å²) in [6, 6.07) is 7.94. The van der Waals surface area contributed by atoms with E-state index in [1.807, 2.05) is 31.2 Å². The van der Waals surface area contributed by atoms with Gasteiger partial charge in [0.05, 0.1) is 0 Å². The van der Waals surface area contributed by atoms with Crippen LogP contribution in [-0.2, 0) is 4.79 Å². The lowest BCUT2D eigenvalue weighted by atomic mass is 9.81. The van der Waals surface area contributed by atoms with Gasteiger partial charge in [-0.1, -0.05) is 12.1 Å². The van der Waals surface area contributed by atoms with E-state index in [1.54, 1.807) is 0 Å². The molecule has 0 radical (unpaired) electrons. The highest BCUT2D eigenvalue weighted by molar-refractivity contribution is 5.92. The number of amides is 1. The van der Waals surface area contributed by atoms with Crippen LogP contribution >= 0.6 is 12.4 Å². The van der Waals surface area contributed by atoms with Gasteiger partial charge in [-0.25, -0.2) is 0 Å². The Hall–Kier alpha value is -1.06. The standard InChI is InChI=1S/C15H22N2O.ClH/c1-11-3-2-4-14(9-11)17-15(18)13-7-5-12(10-16)6-8-13;/h2-4,9,12-13H,5-8,10,16H2,1H3,(H,17,18);1H. The van der Waals surface area contributed by atoms with Crippen molar-refractivity contribution in [1.29, 1.82) is 0 Å². The van der Waals surface area contributed by atoms with Crippen LogP contribution in [0.15, 0.2) is 24.3 Å². The van der Waals surface area contributed by atoms with Gasteiger partial charge in [0.25, 0.3) is 0 Å². The second-order valence-electron chi connectivity index (χ2n) is 5.31. The maximum absolute atomic E-state index is 12.1. The van der Waals surface area contributed by atoms with E-state index in [0.29, 0.717) is 5.92 Å². The zero-order valence-corrected chi connectivity index (χ0v) is 12.2. The summed E-state index contributed by atoms with van der Waals surface area (Å²) in [4.78, 5) is 12.1. The van der Waals surface area contributed by atoms with E-state index in [0.717, 1.165) is 37.9 Å². The Labute approximate surface area is 121 Å². The van der Waals surface area contributed by atoms with Crippen LogP contribution < -0.4 is 11.1 Å². The molecule has 0 bridgehead atoms. The summed E-state index contributed by atoms with van der Waals surface area (Å²) in [6.45, 7) is 2.79. The number of carbonyl (C=O) groups excluding carboxylic acids is 1. The molecule has 0 aromatic heterocycles. The fourth-order valence-electron chi connectivity index (χ4n) is 2.63. The molecule has 3 N–H and O–H groups in total. The maximum Gasteiger partial charge on any atom is 0.227 e. The summed E-state index contributed by atoms with van der Waals surface area (Å²) < 4.78 is 0. The van der Waals surface area contributed by atoms with Crippen molar-refractivity contribution in [3.05, 3.63) is 29.8 Å². The Morgan fingerprint density at radius 3 is 2.58 bits per heavy atom. The van der Waals surface area contributed by atoms with Gasteiger partial charge in [-0.05, 0) is 62.8 Å². The van der Waals surface area contributed by atoms with Gasteiger partial charge in [0.1, 0.15) is 0 Å². The van der Waals surface area contributed by atoms with Crippen molar-refractivity contribution in [1.82, 2.24) is 0 Å². The molecule has 4 heteroatoms. The number of benzene rings is 1. The van der Waals surface area contributed by atoms with Gasteiger partial charge in [-0.3, -0.25) is 4.79 Å². The van der Waals surface area contributed by atoms with Crippen molar-refractivity contribution >= 4 is 24.0 Å². The zero-order chi connectivity index (χ0) is 13.0. The van der Waals surface area contributed by atoms with Gasteiger partial charge in [-0.15, -0.1) is 12.4 Å². The van der Waals surface area contributed by atoms with Gasteiger partial charge in [0, 0.05) is 11.6 Å². The van der Waals surface area contributed by atoms with Crippen molar-refractivity contribution in [2.45, 2.75) is 32.6 Å². The van der Waals surface area contributed by atoms with Gasteiger partial charge in [-0.2, -0.15) is 0 Å². The third kappa shape index (κ3) is 4.51. The molecule has 19 heavy (non-hydrogen) atoms. The Bertz CT molecular complexity index is 414. The highest BCUT2D eigenvalue weighted by atomic mass is 35.5. The summed E-state index contributed by atoms with van der Waals surface area (Å²) in [5.41, 5.74) is 7.73. The van der Waals surface area contributed by atoms with E-state index < -0.39 is 0 Å². The second kappa shape index (κ2) is 7.51. The number of carbonyl (C=O) groups is 1. The first-order chi connectivity index (χ1) is 8.69. The van der Waals surface area contributed by atoms with Crippen LogP contribution in [0.5, 0.6) is 0 Å². The van der Waals surface area contributed by atoms with E-state index in [1.165, 1.54) is 5.56 Å². The quantitative estimate of drug-likeness (QED) is 0.895. The lowest BCUT2D eigenvalue weighted by molar-refractivity contribution is -0.121. The number of nitrogens with one attached hydrogen (secondary N) is 1. The third-order valence-corrected chi connectivity index (χ3v) is 3.84. The van der Waals surface area contributed by atoms with E-state index in [4.69, 9.17) is 5.73 Å². The van der Waals surface area contributed by atoms with Crippen LogP contribution in [0.4, 0.5) is 5.69 Å². The molecule has 0 heterocycles. The first-order valence-electron chi connectivity index (χ1n) is 6.76. The summed E-state index contributed by atoms with van der Waals surface area (Å²) in [5, 5.41) is 3.02. The lowest BCUT2D eigenvalue weighted by Gasteiger charge is -2.26. The molecule has 1 saturated carbocycles. The van der Waals surface area contributed by atoms with E-state index in [2.05, 4.69) is 5.32 Å². The Kier molecular flexibility index (Phi) is 6.32. The van der Waals surface area contributed by atoms with Gasteiger partial charge in [0.15, 0.2) is 0 Å². The van der Waals surface area contributed by atoms with Crippen molar-refractivity contribution in [2.24, 2.45) is 17.6 Å². The molecule has 1 aliphatic rings. The van der Waals surface area contributed by atoms with E-state index >= 15 is 0 Å². The van der Waals surface area contributed by atoms with Crippen LogP contribution in [0.25, 0.3) is 0 Å². The molecule has 106 valence electrons. The summed E-state index contributed by atoms with van der Waals surface area (Å²) in [5.74, 6) is 0.942. The predicted octanol–water partition coefficient (Wildman–Crippen LogP) is 3.12. The van der Waals surface area contributed by atoms with Crippen molar-refractivity contribution in [3.8, 4) is 0 Å². The normalized spacial score (nSPS) is 22.4. The SMILES string of the molecule is Cc1cccc(NC(=O)C2CCC(CN)CC2)c1.Cl. The molecule has 0 spiro atoms. The van der Waals surface area contributed by atoms with E-state index in [-0.39, 0.29) is 24.2 Å². The number of hydrogen-bond donors (Lipinski definition) is 2. The fourth-order valence-corrected chi connectivity index (χ4v) is 2.63. The van der Waals surface area contributed by atoms with Crippen LogP contribution in [0.1, 0.15) is 31.2 Å². The number of anilines is 1. The Morgan fingerprint density at radius 2 is 2.00 bits per heavy atom. The molecule has 0 atom stereocenters. The van der Waals surface area contributed by atoms with Crippen LogP contribution in [0.3, 0.4) is 0 Å². The third-order valence-electron chi connectivity index (χ3n) is 3.84. The molecule has 0 unspecified atom stereocenters. The lowest BCUT2D eigenvalue weighted by Crippen LogP contribution is -2.29. The number of hydrogen-bond acceptors (Lipinski definition) is 2. The van der Waals surface area contributed by atoms with Gasteiger partial charge < -0.3 is 11.1 Å². The minimum Gasteiger partial charge on any atom is -0.330 e. The molecular formula is C15H23ClN2O. The maximum atomic E-state index is 12.1. The molecule has 2 rings (SSSR count). The second-order valence-corrected chi connectivity index (χ2v) is 5.31. The minimum absolute atomic E-state index is 0. The molecule has 1 aromatic rings. The molecule has 1 aromatic carbocycles. The van der Waals surface area contributed by atoms with Gasteiger partial charge >= 0.3 is 0 Å². The first kappa shape index (κ1) is 16.0. The number of nitrogens with two attached hydrogens (primary N) is 1. The minimum atomic E-state index is 0. The van der Waals surface area contributed by atoms with Crippen molar-refractivity contribution in [2.75, 3.05) is 11.9 Å². The average Bonchev–Trinajstić information content (AvgIpc) is 2.39. The molecule has 1 aliphatic carbocycles. The Balaban J connectivity index is 0.00000180. The van der Waals surface area contributed by atoms with Crippen molar-refractivity contribution < 1.29 is 4.79 Å². The van der Waals surface area contributed by atoms with Crippen LogP contribution in [-0.4, -0.2) is 12.5 Å². The van der Waals surface area contributed by atoms with Crippen molar-refractivity contribution in [3.63, 3.8) is 0 Å². The monoisotopic (exact) mass is 282 g/mol. The number of rotatable bonds is 3. The highest BCUT2D eigenvalue weighted by Gasteiger charge is 2.25. The molecule has 1 amide bonds. The predicted molar refractivity (Wildman–Crippen MR) is 81.6 cm³/mol. The molecule has 3 nitrogen and oxygen atoms in total. The first-order valence-corrected chi connectivity index (χ1v) is 6.76. The molecule has 0 saturated heterocycles. The molecule has 1 fully saturated rings. The molecular weight excluding hydrogens is 260 g/mol. The summed E-state index contributed by atoms with van der Waals surface area (Å²) in [6.07, 6.45) is 4.11. The van der Waals surface area contributed by atoms with Crippen LogP contribution in [0, 0.1) is 18.8 Å². The fraction of sp³-hybridized carbons (Fsp3) is 0.533. The zero-order valence-electron chi connectivity index (χ0n) is 11.4. The Morgan fingerprint density at radius 1 is 1.32 bits per heavy atom. The van der Waals surface area contributed by atoms with Gasteiger partial charge in [0.2, 0.25) is 5.91 Å². The summed E-state index contributed by atoms with van der Waals surface area (Å²) in [7, 11) is 0. The topological polar surface area (TPSA) is 55.1 Å². The number of aryl methyl sites for hydroxylation is 1. The molecule has 0 aliphatic heterocycles.